The summed E-state index contributed by atoms with van der Waals surface area (Å²) in [5.74, 6) is -1.55. The Morgan fingerprint density at radius 2 is 2.00 bits per heavy atom. The highest BCUT2D eigenvalue weighted by atomic mass is 19.4. The Balaban J connectivity index is 3.38. The van der Waals surface area contributed by atoms with E-state index in [9.17, 15) is 18.0 Å². The molecule has 4 nitrogen and oxygen atoms in total. The van der Waals surface area contributed by atoms with Gasteiger partial charge in [-0.3, -0.25) is 0 Å². The van der Waals surface area contributed by atoms with Gasteiger partial charge >= 0.3 is 12.1 Å². The fourth-order valence-electron chi connectivity index (χ4n) is 1.13. The van der Waals surface area contributed by atoms with Crippen LogP contribution < -0.4 is 4.74 Å². The maximum atomic E-state index is 12.5. The summed E-state index contributed by atoms with van der Waals surface area (Å²) in [6, 6.07) is 1.10. The van der Waals surface area contributed by atoms with Gasteiger partial charge in [0.05, 0.1) is 14.2 Å². The molecule has 16 heavy (non-hydrogen) atoms. The van der Waals surface area contributed by atoms with Crippen molar-refractivity contribution in [1.29, 1.82) is 0 Å². The summed E-state index contributed by atoms with van der Waals surface area (Å²) in [5.41, 5.74) is -1.56. The van der Waals surface area contributed by atoms with Crippen LogP contribution >= 0.6 is 0 Å². The molecular formula is C9H8F3NO3. The lowest BCUT2D eigenvalue weighted by Crippen LogP contribution is -2.14. The first-order valence-corrected chi connectivity index (χ1v) is 4.10. The van der Waals surface area contributed by atoms with Gasteiger partial charge in [0.2, 0.25) is 0 Å². The molecule has 0 aliphatic heterocycles. The Bertz CT molecular complexity index is 403. The third-order valence-corrected chi connectivity index (χ3v) is 1.78. The summed E-state index contributed by atoms with van der Waals surface area (Å²) in [6.45, 7) is 0. The summed E-state index contributed by atoms with van der Waals surface area (Å²) in [5, 5.41) is 0. The van der Waals surface area contributed by atoms with E-state index in [1.807, 2.05) is 0 Å². The number of rotatable bonds is 2. The second kappa shape index (κ2) is 4.38. The van der Waals surface area contributed by atoms with E-state index in [1.165, 1.54) is 0 Å². The summed E-state index contributed by atoms with van der Waals surface area (Å²) in [6.07, 6.45) is -3.81. The summed E-state index contributed by atoms with van der Waals surface area (Å²) in [4.78, 5) is 14.3. The highest BCUT2D eigenvalue weighted by Gasteiger charge is 2.38. The van der Waals surface area contributed by atoms with Gasteiger partial charge in [-0.25, -0.2) is 9.78 Å². The number of esters is 1. The number of pyridine rings is 1. The van der Waals surface area contributed by atoms with Crippen LogP contribution in [0.1, 0.15) is 16.1 Å². The van der Waals surface area contributed by atoms with Gasteiger partial charge in [0, 0.05) is 6.20 Å². The molecular weight excluding hydrogens is 227 g/mol. The molecule has 1 aromatic rings. The van der Waals surface area contributed by atoms with Gasteiger partial charge in [0.25, 0.3) is 0 Å². The fourth-order valence-corrected chi connectivity index (χ4v) is 1.13. The molecule has 0 aliphatic rings. The lowest BCUT2D eigenvalue weighted by molar-refractivity contribution is -0.142. The number of hydrogen-bond donors (Lipinski definition) is 0. The van der Waals surface area contributed by atoms with Crippen molar-refractivity contribution < 1.29 is 27.4 Å². The van der Waals surface area contributed by atoms with Crippen molar-refractivity contribution in [2.75, 3.05) is 14.2 Å². The molecule has 0 amide bonds. The number of carbonyl (C=O) groups is 1. The average molecular weight is 235 g/mol. The predicted octanol–water partition coefficient (Wildman–Crippen LogP) is 1.90. The molecule has 0 aliphatic carbocycles. The van der Waals surface area contributed by atoms with Gasteiger partial charge in [0.1, 0.15) is 5.56 Å². The number of nitrogens with zero attached hydrogens (tertiary/aromatic N) is 1. The molecule has 1 rings (SSSR count). The molecule has 1 heterocycles. The second-order valence-corrected chi connectivity index (χ2v) is 2.73. The third kappa shape index (κ3) is 2.23. The number of ether oxygens (including phenoxy) is 2. The topological polar surface area (TPSA) is 48.4 Å². The Morgan fingerprint density at radius 3 is 2.44 bits per heavy atom. The Hall–Kier alpha value is -1.79. The third-order valence-electron chi connectivity index (χ3n) is 1.78. The Morgan fingerprint density at radius 1 is 1.38 bits per heavy atom. The van der Waals surface area contributed by atoms with Gasteiger partial charge in [0.15, 0.2) is 11.4 Å². The molecule has 0 unspecified atom stereocenters. The minimum absolute atomic E-state index is 0.313. The number of carbonyl (C=O) groups excluding carboxylic acids is 1. The lowest BCUT2D eigenvalue weighted by atomic mass is 10.2. The first-order valence-electron chi connectivity index (χ1n) is 4.10. The predicted molar refractivity (Wildman–Crippen MR) is 47.1 cm³/mol. The van der Waals surface area contributed by atoms with E-state index in [4.69, 9.17) is 0 Å². The van der Waals surface area contributed by atoms with Crippen LogP contribution in [0.25, 0.3) is 0 Å². The number of methoxy groups -OCH3 is 2. The maximum Gasteiger partial charge on any atom is 0.437 e. The lowest BCUT2D eigenvalue weighted by Gasteiger charge is -2.12. The van der Waals surface area contributed by atoms with Crippen molar-refractivity contribution in [2.45, 2.75) is 6.18 Å². The molecule has 0 saturated heterocycles. The van der Waals surface area contributed by atoms with Crippen LogP contribution in [0.3, 0.4) is 0 Å². The standard InChI is InChI=1S/C9H8F3NO3/c1-15-6-5(8(14)16-2)3-4-13-7(6)9(10,11)12/h3-4H,1-2H3. The first kappa shape index (κ1) is 12.3. The molecule has 1 aromatic heterocycles. The van der Waals surface area contributed by atoms with E-state index < -0.39 is 23.6 Å². The molecule has 0 N–H and O–H groups in total. The zero-order valence-electron chi connectivity index (χ0n) is 8.46. The maximum absolute atomic E-state index is 12.5. The van der Waals surface area contributed by atoms with E-state index in [0.29, 0.717) is 0 Å². The summed E-state index contributed by atoms with van der Waals surface area (Å²) in [7, 11) is 2.09. The largest absolute Gasteiger partial charge is 0.494 e. The van der Waals surface area contributed by atoms with Gasteiger partial charge in [-0.05, 0) is 6.07 Å². The van der Waals surface area contributed by atoms with E-state index >= 15 is 0 Å². The zero-order valence-corrected chi connectivity index (χ0v) is 8.46. The average Bonchev–Trinajstić information content (AvgIpc) is 2.25. The monoisotopic (exact) mass is 235 g/mol. The minimum Gasteiger partial charge on any atom is -0.494 e. The van der Waals surface area contributed by atoms with Crippen LogP contribution in [0.2, 0.25) is 0 Å². The Labute approximate surface area is 89.0 Å². The van der Waals surface area contributed by atoms with E-state index in [2.05, 4.69) is 14.5 Å². The van der Waals surface area contributed by atoms with Gasteiger partial charge < -0.3 is 9.47 Å². The first-order chi connectivity index (χ1) is 7.41. The number of hydrogen-bond acceptors (Lipinski definition) is 4. The van der Waals surface area contributed by atoms with E-state index in [0.717, 1.165) is 26.5 Å². The van der Waals surface area contributed by atoms with Crippen molar-refractivity contribution in [3.8, 4) is 5.75 Å². The molecule has 0 fully saturated rings. The molecule has 0 aromatic carbocycles. The molecule has 0 spiro atoms. The van der Waals surface area contributed by atoms with Gasteiger partial charge in [-0.15, -0.1) is 0 Å². The van der Waals surface area contributed by atoms with Gasteiger partial charge in [-0.1, -0.05) is 0 Å². The SMILES string of the molecule is COC(=O)c1ccnc(C(F)(F)F)c1OC. The fraction of sp³-hybridized carbons (Fsp3) is 0.333. The number of aromatic nitrogens is 1. The molecule has 0 radical (unpaired) electrons. The van der Waals surface area contributed by atoms with Crippen molar-refractivity contribution in [2.24, 2.45) is 0 Å². The zero-order chi connectivity index (χ0) is 12.3. The van der Waals surface area contributed by atoms with E-state index in [1.54, 1.807) is 0 Å². The number of halogens is 3. The van der Waals surface area contributed by atoms with Crippen LogP contribution in [-0.4, -0.2) is 25.2 Å². The smallest absolute Gasteiger partial charge is 0.437 e. The molecule has 0 atom stereocenters. The quantitative estimate of drug-likeness (QED) is 0.734. The highest BCUT2D eigenvalue weighted by molar-refractivity contribution is 5.92. The second-order valence-electron chi connectivity index (χ2n) is 2.73. The normalized spacial score (nSPS) is 11.1. The van der Waals surface area contributed by atoms with Crippen LogP contribution in [-0.2, 0) is 10.9 Å². The van der Waals surface area contributed by atoms with Crippen LogP contribution in [0.5, 0.6) is 5.75 Å². The molecule has 0 bridgehead atoms. The van der Waals surface area contributed by atoms with Crippen LogP contribution in [0.15, 0.2) is 12.3 Å². The van der Waals surface area contributed by atoms with Crippen LogP contribution in [0, 0.1) is 0 Å². The van der Waals surface area contributed by atoms with Crippen molar-refractivity contribution in [1.82, 2.24) is 4.98 Å². The van der Waals surface area contributed by atoms with E-state index in [-0.39, 0.29) is 5.56 Å². The number of alkyl halides is 3. The van der Waals surface area contributed by atoms with Crippen molar-refractivity contribution in [3.63, 3.8) is 0 Å². The molecule has 88 valence electrons. The van der Waals surface area contributed by atoms with Crippen LogP contribution in [0.4, 0.5) is 13.2 Å². The highest BCUT2D eigenvalue weighted by Crippen LogP contribution is 2.36. The minimum atomic E-state index is -4.69. The molecule has 0 saturated carbocycles. The van der Waals surface area contributed by atoms with Gasteiger partial charge in [-0.2, -0.15) is 13.2 Å². The van der Waals surface area contributed by atoms with Crippen molar-refractivity contribution >= 4 is 5.97 Å². The summed E-state index contributed by atoms with van der Waals surface area (Å²) >= 11 is 0. The van der Waals surface area contributed by atoms with Crippen molar-refractivity contribution in [3.05, 3.63) is 23.5 Å². The molecule has 7 heteroatoms. The summed E-state index contributed by atoms with van der Waals surface area (Å²) < 4.78 is 46.3. The Kier molecular flexibility index (Phi) is 3.36.